The molecule has 0 bridgehead atoms. The Hall–Kier alpha value is -0.830. The van der Waals surface area contributed by atoms with E-state index >= 15 is 0 Å². The lowest BCUT2D eigenvalue weighted by molar-refractivity contribution is -0.921. The molecule has 0 N–H and O–H groups in total. The summed E-state index contributed by atoms with van der Waals surface area (Å²) < 4.78 is 152. The van der Waals surface area contributed by atoms with Crippen LogP contribution in [0.15, 0.2) is 0 Å². The van der Waals surface area contributed by atoms with E-state index in [-0.39, 0.29) is 0 Å². The summed E-state index contributed by atoms with van der Waals surface area (Å²) in [5.74, 6) is -22.0. The van der Waals surface area contributed by atoms with Crippen molar-refractivity contribution in [2.24, 2.45) is 0 Å². The molecular formula is C13H21F10NO3S. The highest BCUT2D eigenvalue weighted by Gasteiger charge is 2.84. The number of quaternary nitrogens is 1. The van der Waals surface area contributed by atoms with Crippen molar-refractivity contribution < 1.29 is 61.4 Å². The lowest BCUT2D eigenvalue weighted by atomic mass is 10.1. The largest absolute Gasteiger partial charge is 0.743 e. The third kappa shape index (κ3) is 5.20. The lowest BCUT2D eigenvalue weighted by Gasteiger charge is -2.36. The van der Waals surface area contributed by atoms with Crippen molar-refractivity contribution >= 4 is 10.1 Å². The first-order valence-electron chi connectivity index (χ1n) is 7.78. The average molecular weight is 461 g/mol. The van der Waals surface area contributed by atoms with Crippen molar-refractivity contribution in [2.45, 2.75) is 57.1 Å². The molecule has 0 aromatic carbocycles. The molecule has 0 heterocycles. The van der Waals surface area contributed by atoms with E-state index in [1.54, 1.807) is 0 Å². The molecule has 0 aromatic heterocycles. The maximum Gasteiger partial charge on any atom is 0.402 e. The molecule has 0 aliphatic carbocycles. The van der Waals surface area contributed by atoms with Gasteiger partial charge in [-0.25, -0.2) is 17.2 Å². The fraction of sp³-hybridized carbons (Fsp3) is 1.00. The van der Waals surface area contributed by atoms with E-state index < -0.39 is 39.6 Å². The van der Waals surface area contributed by atoms with Gasteiger partial charge < -0.3 is 9.04 Å². The van der Waals surface area contributed by atoms with E-state index in [1.807, 2.05) is 0 Å². The molecular weight excluding hydrogens is 440 g/mol. The number of rotatable bonds is 9. The summed E-state index contributed by atoms with van der Waals surface area (Å²) in [6, 6.07) is 0. The Bertz CT molecular complexity index is 574. The van der Waals surface area contributed by atoms with Gasteiger partial charge in [0.2, 0.25) is 0 Å². The molecule has 0 aromatic rings. The first-order chi connectivity index (χ1) is 12.2. The van der Waals surface area contributed by atoms with Crippen LogP contribution in [0.3, 0.4) is 0 Å². The highest BCUT2D eigenvalue weighted by atomic mass is 32.2. The molecule has 0 unspecified atom stereocenters. The van der Waals surface area contributed by atoms with Gasteiger partial charge in [0.1, 0.15) is 0 Å². The second kappa shape index (κ2) is 9.32. The summed E-state index contributed by atoms with van der Waals surface area (Å²) in [4.78, 5) is 0. The van der Waals surface area contributed by atoms with E-state index in [2.05, 4.69) is 27.7 Å². The lowest BCUT2D eigenvalue weighted by Crippen LogP contribution is -2.66. The van der Waals surface area contributed by atoms with Crippen LogP contribution in [0.5, 0.6) is 0 Å². The van der Waals surface area contributed by atoms with Gasteiger partial charge in [0.15, 0.2) is 10.1 Å². The molecule has 0 aliphatic heterocycles. The van der Waals surface area contributed by atoms with E-state index in [9.17, 15) is 56.9 Å². The summed E-state index contributed by atoms with van der Waals surface area (Å²) in [6.07, 6.45) is -5.52. The van der Waals surface area contributed by atoms with Gasteiger partial charge in [-0.15, -0.1) is 0 Å². The van der Waals surface area contributed by atoms with Crippen LogP contribution < -0.4 is 0 Å². The van der Waals surface area contributed by atoms with Crippen molar-refractivity contribution in [3.63, 3.8) is 0 Å². The SMILES string of the molecule is CC[N+](CC)(CC)CC.O=S(=O)([O-])C(F)(F)C(F)(F)C(F)(F)C(F)(F)C(F)F. The number of nitrogens with zero attached hydrogens (tertiary/aromatic N) is 1. The molecule has 15 heteroatoms. The highest BCUT2D eigenvalue weighted by molar-refractivity contribution is 7.86. The molecule has 0 atom stereocenters. The minimum absolute atomic E-state index is 1.28. The van der Waals surface area contributed by atoms with Crippen molar-refractivity contribution in [2.75, 3.05) is 26.2 Å². The van der Waals surface area contributed by atoms with Gasteiger partial charge in [-0.2, -0.15) is 35.1 Å². The van der Waals surface area contributed by atoms with Crippen LogP contribution in [-0.2, 0) is 10.1 Å². The molecule has 0 amide bonds. The van der Waals surface area contributed by atoms with Gasteiger partial charge in [0.05, 0.1) is 26.2 Å². The highest BCUT2D eigenvalue weighted by Crippen LogP contribution is 2.55. The van der Waals surface area contributed by atoms with Crippen molar-refractivity contribution in [1.29, 1.82) is 0 Å². The molecule has 0 spiro atoms. The average Bonchev–Trinajstić information content (AvgIpc) is 2.56. The van der Waals surface area contributed by atoms with E-state index in [1.165, 1.54) is 30.7 Å². The monoisotopic (exact) mass is 461 g/mol. The Morgan fingerprint density at radius 2 is 1.04 bits per heavy atom. The van der Waals surface area contributed by atoms with E-state index in [0.717, 1.165) is 0 Å². The van der Waals surface area contributed by atoms with Crippen LogP contribution >= 0.6 is 0 Å². The van der Waals surface area contributed by atoms with E-state index in [4.69, 9.17) is 0 Å². The summed E-state index contributed by atoms with van der Waals surface area (Å²) in [5.41, 5.74) is 0. The first-order valence-corrected chi connectivity index (χ1v) is 9.19. The Morgan fingerprint density at radius 3 is 1.18 bits per heavy atom. The van der Waals surface area contributed by atoms with Crippen LogP contribution in [0.4, 0.5) is 43.9 Å². The second-order valence-corrected chi connectivity index (χ2v) is 7.07. The molecule has 0 aliphatic rings. The summed E-state index contributed by atoms with van der Waals surface area (Å²) in [7, 11) is -7.52. The molecule has 0 saturated heterocycles. The zero-order valence-corrected chi connectivity index (χ0v) is 16.1. The molecule has 172 valence electrons. The van der Waals surface area contributed by atoms with Gasteiger partial charge in [-0.3, -0.25) is 0 Å². The number of hydrogen-bond donors (Lipinski definition) is 0. The quantitative estimate of drug-likeness (QED) is 0.294. The fourth-order valence-corrected chi connectivity index (χ4v) is 2.47. The predicted molar refractivity (Wildman–Crippen MR) is 77.9 cm³/mol. The Labute approximate surface area is 155 Å². The Morgan fingerprint density at radius 1 is 0.750 bits per heavy atom. The first kappa shape index (κ1) is 29.4. The van der Waals surface area contributed by atoms with Crippen LogP contribution in [0.1, 0.15) is 27.7 Å². The van der Waals surface area contributed by atoms with Crippen LogP contribution in [-0.4, -0.2) is 73.1 Å². The zero-order chi connectivity index (χ0) is 23.4. The zero-order valence-electron chi connectivity index (χ0n) is 15.3. The maximum absolute atomic E-state index is 12.4. The van der Waals surface area contributed by atoms with Crippen LogP contribution in [0.25, 0.3) is 0 Å². The third-order valence-corrected chi connectivity index (χ3v) is 5.33. The van der Waals surface area contributed by atoms with Gasteiger partial charge in [0, 0.05) is 0 Å². The molecule has 0 radical (unpaired) electrons. The third-order valence-electron chi connectivity index (χ3n) is 4.45. The minimum Gasteiger partial charge on any atom is -0.743 e. The topological polar surface area (TPSA) is 57.2 Å². The van der Waals surface area contributed by atoms with Crippen molar-refractivity contribution in [3.05, 3.63) is 0 Å². The summed E-state index contributed by atoms with van der Waals surface area (Å²) >= 11 is 0. The van der Waals surface area contributed by atoms with E-state index in [0.29, 0.717) is 0 Å². The number of hydrogen-bond acceptors (Lipinski definition) is 3. The van der Waals surface area contributed by atoms with Crippen LogP contribution in [0, 0.1) is 0 Å². The summed E-state index contributed by atoms with van der Waals surface area (Å²) in [6.45, 7) is 14.2. The predicted octanol–water partition coefficient (Wildman–Crippen LogP) is 4.18. The molecule has 0 rings (SSSR count). The molecule has 0 saturated carbocycles. The van der Waals surface area contributed by atoms with Crippen LogP contribution in [0.2, 0.25) is 0 Å². The van der Waals surface area contributed by atoms with Crippen molar-refractivity contribution in [3.8, 4) is 0 Å². The standard InChI is InChI=1S/C8H20N.C5H2F10O3S/c1-5-9(6-2,7-3)8-4;6-1(7)2(8,9)3(10,11)4(12,13)5(14,15)19(16,17)18/h5-8H2,1-4H3;1H,(H,16,17,18)/q+1;/p-1. The Balaban J connectivity index is 0. The maximum atomic E-state index is 12.4. The van der Waals surface area contributed by atoms with Gasteiger partial charge in [-0.1, -0.05) is 0 Å². The van der Waals surface area contributed by atoms with Gasteiger partial charge in [-0.05, 0) is 27.7 Å². The fourth-order valence-electron chi connectivity index (χ4n) is 2.03. The molecule has 28 heavy (non-hydrogen) atoms. The minimum atomic E-state index is -7.56. The molecule has 4 nitrogen and oxygen atoms in total. The second-order valence-electron chi connectivity index (χ2n) is 5.65. The van der Waals surface area contributed by atoms with Gasteiger partial charge >= 0.3 is 29.4 Å². The normalized spacial score (nSPS) is 14.7. The summed E-state index contributed by atoms with van der Waals surface area (Å²) in [5, 5.41) is -7.22. The number of alkyl halides is 10. The van der Waals surface area contributed by atoms with Gasteiger partial charge in [0.25, 0.3) is 0 Å². The van der Waals surface area contributed by atoms with Crippen molar-refractivity contribution in [1.82, 2.24) is 0 Å². The Kier molecular flexibility index (Phi) is 9.78. The number of halogens is 10. The molecule has 0 fully saturated rings. The smallest absolute Gasteiger partial charge is 0.402 e.